The summed E-state index contributed by atoms with van der Waals surface area (Å²) in [5.74, 6) is -1.29. The summed E-state index contributed by atoms with van der Waals surface area (Å²) >= 11 is 0. The first-order valence-corrected chi connectivity index (χ1v) is 11.2. The number of benzene rings is 2. The Morgan fingerprint density at radius 2 is 1.88 bits per heavy atom. The molecule has 8 heteroatoms. The van der Waals surface area contributed by atoms with Crippen LogP contribution in [-0.4, -0.2) is 65.6 Å². The molecular formula is C25H28F2N4O2. The average molecular weight is 455 g/mol. The summed E-state index contributed by atoms with van der Waals surface area (Å²) in [6, 6.07) is 12.9. The Kier molecular flexibility index (Phi) is 6.56. The van der Waals surface area contributed by atoms with Gasteiger partial charge in [-0.3, -0.25) is 14.5 Å². The fraction of sp³-hybridized carbons (Fsp3) is 0.400. The molecule has 2 aromatic carbocycles. The molecule has 2 aliphatic rings. The minimum absolute atomic E-state index is 0.0729. The van der Waals surface area contributed by atoms with Crippen LogP contribution in [0.3, 0.4) is 0 Å². The minimum atomic E-state index is -0.808. The molecule has 0 aliphatic carbocycles. The number of halogens is 2. The van der Waals surface area contributed by atoms with E-state index in [2.05, 4.69) is 10.0 Å². The lowest BCUT2D eigenvalue weighted by Gasteiger charge is -2.38. The van der Waals surface area contributed by atoms with E-state index in [9.17, 15) is 18.4 Å². The summed E-state index contributed by atoms with van der Waals surface area (Å²) in [5.41, 5.74) is 0.507. The summed E-state index contributed by atoms with van der Waals surface area (Å²) in [4.78, 5) is 28.6. The Morgan fingerprint density at radius 1 is 1.12 bits per heavy atom. The number of hydrogen-bond donors (Lipinski definition) is 0. The number of nitrogens with zero attached hydrogens (tertiary/aromatic N) is 4. The average Bonchev–Trinajstić information content (AvgIpc) is 3.19. The monoisotopic (exact) mass is 454 g/mol. The lowest BCUT2D eigenvalue weighted by atomic mass is 9.80. The van der Waals surface area contributed by atoms with Crippen LogP contribution in [-0.2, 0) is 15.1 Å². The summed E-state index contributed by atoms with van der Waals surface area (Å²) in [6.45, 7) is 4.00. The number of carbonyl (C=O) groups excluding carboxylic acids is 2. The van der Waals surface area contributed by atoms with Crippen LogP contribution in [0.5, 0.6) is 0 Å². The Morgan fingerprint density at radius 3 is 2.58 bits per heavy atom. The zero-order valence-electron chi connectivity index (χ0n) is 18.9. The van der Waals surface area contributed by atoms with Crippen molar-refractivity contribution in [2.24, 2.45) is 5.10 Å². The molecule has 6 nitrogen and oxygen atoms in total. The quantitative estimate of drug-likeness (QED) is 0.673. The van der Waals surface area contributed by atoms with E-state index in [0.717, 1.165) is 30.3 Å². The molecule has 0 radical (unpaired) electrons. The topological polar surface area (TPSA) is 56.2 Å². The SMILES string of the molecule is CC(=O)N1N=C(c2cc(F)ccc2F)C[C@]1(CCCN1CCN(C)C(=O)C1)c1ccccc1. The lowest BCUT2D eigenvalue weighted by Crippen LogP contribution is -2.49. The molecule has 0 unspecified atom stereocenters. The molecular weight excluding hydrogens is 426 g/mol. The lowest BCUT2D eigenvalue weighted by molar-refractivity contribution is -0.135. The number of rotatable bonds is 6. The van der Waals surface area contributed by atoms with Gasteiger partial charge in [-0.2, -0.15) is 5.10 Å². The van der Waals surface area contributed by atoms with Gasteiger partial charge in [0.05, 0.1) is 17.8 Å². The fourth-order valence-corrected chi connectivity index (χ4v) is 4.75. The van der Waals surface area contributed by atoms with Crippen molar-refractivity contribution >= 4 is 17.5 Å². The Bertz CT molecular complexity index is 1080. The summed E-state index contributed by atoms with van der Waals surface area (Å²) in [6.07, 6.45) is 1.56. The van der Waals surface area contributed by atoms with Crippen LogP contribution in [0.1, 0.15) is 37.3 Å². The number of hydrazone groups is 1. The predicted octanol–water partition coefficient (Wildman–Crippen LogP) is 3.37. The molecule has 4 rings (SSSR count). The van der Waals surface area contributed by atoms with Gasteiger partial charge in [-0.1, -0.05) is 30.3 Å². The molecule has 0 bridgehead atoms. The summed E-state index contributed by atoms with van der Waals surface area (Å²) in [7, 11) is 1.80. The normalized spacial score (nSPS) is 21.5. The number of amides is 2. The maximum Gasteiger partial charge on any atom is 0.240 e. The van der Waals surface area contributed by atoms with Crippen molar-refractivity contribution in [1.29, 1.82) is 0 Å². The molecule has 0 spiro atoms. The second-order valence-corrected chi connectivity index (χ2v) is 8.77. The van der Waals surface area contributed by atoms with Gasteiger partial charge in [0, 0.05) is 39.0 Å². The summed E-state index contributed by atoms with van der Waals surface area (Å²) < 4.78 is 28.5. The van der Waals surface area contributed by atoms with E-state index in [4.69, 9.17) is 0 Å². The molecule has 1 saturated heterocycles. The van der Waals surface area contributed by atoms with Gasteiger partial charge in [-0.05, 0) is 43.1 Å². The van der Waals surface area contributed by atoms with Gasteiger partial charge in [-0.25, -0.2) is 13.8 Å². The Labute approximate surface area is 192 Å². The number of hydrogen-bond acceptors (Lipinski definition) is 4. The van der Waals surface area contributed by atoms with Crippen LogP contribution < -0.4 is 0 Å². The van der Waals surface area contributed by atoms with Crippen molar-refractivity contribution in [3.8, 4) is 0 Å². The Balaban J connectivity index is 1.62. The van der Waals surface area contributed by atoms with Crippen LogP contribution >= 0.6 is 0 Å². The molecule has 2 amide bonds. The van der Waals surface area contributed by atoms with Crippen LogP contribution in [0.25, 0.3) is 0 Å². The largest absolute Gasteiger partial charge is 0.343 e. The molecule has 2 aliphatic heterocycles. The molecule has 1 fully saturated rings. The zero-order valence-corrected chi connectivity index (χ0v) is 18.9. The first-order valence-electron chi connectivity index (χ1n) is 11.2. The highest BCUT2D eigenvalue weighted by Gasteiger charge is 2.46. The van der Waals surface area contributed by atoms with E-state index in [0.29, 0.717) is 38.2 Å². The number of likely N-dealkylation sites (N-methyl/N-ethyl adjacent to an activating group) is 1. The maximum atomic E-state index is 14.6. The minimum Gasteiger partial charge on any atom is -0.343 e. The van der Waals surface area contributed by atoms with Crippen molar-refractivity contribution in [2.75, 3.05) is 33.2 Å². The van der Waals surface area contributed by atoms with E-state index < -0.39 is 17.2 Å². The molecule has 0 saturated carbocycles. The highest BCUT2D eigenvalue weighted by molar-refractivity contribution is 6.04. The van der Waals surface area contributed by atoms with E-state index in [1.165, 1.54) is 11.9 Å². The van der Waals surface area contributed by atoms with E-state index in [-0.39, 0.29) is 23.8 Å². The van der Waals surface area contributed by atoms with Crippen molar-refractivity contribution in [1.82, 2.24) is 14.8 Å². The van der Waals surface area contributed by atoms with E-state index in [1.807, 2.05) is 30.3 Å². The molecule has 33 heavy (non-hydrogen) atoms. The predicted molar refractivity (Wildman–Crippen MR) is 121 cm³/mol. The van der Waals surface area contributed by atoms with Gasteiger partial charge in [0.2, 0.25) is 11.8 Å². The van der Waals surface area contributed by atoms with Crippen molar-refractivity contribution in [3.63, 3.8) is 0 Å². The first kappa shape index (κ1) is 23.0. The third-order valence-corrected chi connectivity index (χ3v) is 6.54. The second-order valence-electron chi connectivity index (χ2n) is 8.77. The second kappa shape index (κ2) is 9.39. The van der Waals surface area contributed by atoms with E-state index >= 15 is 0 Å². The van der Waals surface area contributed by atoms with E-state index in [1.54, 1.807) is 11.9 Å². The van der Waals surface area contributed by atoms with Crippen molar-refractivity contribution in [2.45, 2.75) is 31.7 Å². The highest BCUT2D eigenvalue weighted by Crippen LogP contribution is 2.43. The number of carbonyl (C=O) groups is 2. The smallest absolute Gasteiger partial charge is 0.240 e. The third kappa shape index (κ3) is 4.66. The first-order chi connectivity index (χ1) is 15.8. The third-order valence-electron chi connectivity index (χ3n) is 6.54. The maximum absolute atomic E-state index is 14.6. The van der Waals surface area contributed by atoms with Crippen molar-refractivity contribution < 1.29 is 18.4 Å². The highest BCUT2D eigenvalue weighted by atomic mass is 19.1. The van der Waals surface area contributed by atoms with Crippen LogP contribution in [0.15, 0.2) is 53.6 Å². The standard InChI is InChI=1S/C25H28F2N4O2/c1-18(32)31-25(19-7-4-3-5-8-19,11-6-12-30-14-13-29(2)24(33)17-30)16-23(28-31)21-15-20(26)9-10-22(21)27/h3-5,7-10,15H,6,11-14,16-17H2,1-2H3/t25-/m1/s1. The number of piperazine rings is 1. The summed E-state index contributed by atoms with van der Waals surface area (Å²) in [5, 5.41) is 5.92. The van der Waals surface area contributed by atoms with Gasteiger partial charge >= 0.3 is 0 Å². The van der Waals surface area contributed by atoms with Gasteiger partial charge in [0.15, 0.2) is 0 Å². The van der Waals surface area contributed by atoms with Gasteiger partial charge in [0.1, 0.15) is 11.6 Å². The molecule has 0 N–H and O–H groups in total. The molecule has 1 atom stereocenters. The van der Waals surface area contributed by atoms with Crippen LogP contribution in [0, 0.1) is 11.6 Å². The van der Waals surface area contributed by atoms with Gasteiger partial charge in [0.25, 0.3) is 0 Å². The zero-order chi connectivity index (χ0) is 23.6. The van der Waals surface area contributed by atoms with Crippen LogP contribution in [0.2, 0.25) is 0 Å². The Hall–Kier alpha value is -3.13. The molecule has 0 aromatic heterocycles. The van der Waals surface area contributed by atoms with Gasteiger partial charge < -0.3 is 4.90 Å². The molecule has 2 heterocycles. The van der Waals surface area contributed by atoms with Gasteiger partial charge in [-0.15, -0.1) is 0 Å². The van der Waals surface area contributed by atoms with Crippen LogP contribution in [0.4, 0.5) is 8.78 Å². The fourth-order valence-electron chi connectivity index (χ4n) is 4.75. The molecule has 174 valence electrons. The molecule has 2 aromatic rings. The van der Waals surface area contributed by atoms with Crippen molar-refractivity contribution in [3.05, 3.63) is 71.3 Å².